The molecule has 116 valence electrons. The summed E-state index contributed by atoms with van der Waals surface area (Å²) in [4.78, 5) is 18.5. The first-order chi connectivity index (χ1) is 11.0. The summed E-state index contributed by atoms with van der Waals surface area (Å²) in [5, 5.41) is 6.38. The lowest BCUT2D eigenvalue weighted by Crippen LogP contribution is -2.09. The van der Waals surface area contributed by atoms with E-state index in [-0.39, 0.29) is 5.78 Å². The summed E-state index contributed by atoms with van der Waals surface area (Å²) in [6.07, 6.45) is 0.977. The van der Waals surface area contributed by atoms with Gasteiger partial charge in [-0.05, 0) is 6.07 Å². The molecule has 23 heavy (non-hydrogen) atoms. The molecule has 0 saturated carbocycles. The van der Waals surface area contributed by atoms with Crippen molar-refractivity contribution < 1.29 is 13.2 Å². The Morgan fingerprint density at radius 3 is 2.70 bits per heavy atom. The number of aromatic nitrogens is 8. The van der Waals surface area contributed by atoms with Gasteiger partial charge < -0.3 is 4.98 Å². The standard InChI is InChI=1S/C12H7F3N8/c13-12(14,15)7-1-2-23-9(6-3-16-4-17-6)8(21-11(23)20-7)10-18-5-19-22-10/h1-5H,(H,16,17)(H,18,19,22). The highest BCUT2D eigenvalue weighted by molar-refractivity contribution is 5.76. The van der Waals surface area contributed by atoms with Gasteiger partial charge in [-0.25, -0.2) is 19.9 Å². The lowest BCUT2D eigenvalue weighted by molar-refractivity contribution is -0.141. The maximum absolute atomic E-state index is 12.8. The van der Waals surface area contributed by atoms with Crippen molar-refractivity contribution in [2.24, 2.45) is 0 Å². The van der Waals surface area contributed by atoms with Gasteiger partial charge in [-0.1, -0.05) is 0 Å². The number of nitrogens with one attached hydrogen (secondary N) is 2. The predicted molar refractivity (Wildman–Crippen MR) is 70.9 cm³/mol. The van der Waals surface area contributed by atoms with Crippen LogP contribution in [-0.4, -0.2) is 39.5 Å². The summed E-state index contributed by atoms with van der Waals surface area (Å²) in [6, 6.07) is 0.888. The molecular formula is C12H7F3N8. The average molecular weight is 320 g/mol. The van der Waals surface area contributed by atoms with Crippen LogP contribution in [0.4, 0.5) is 13.2 Å². The lowest BCUT2D eigenvalue weighted by atomic mass is 10.2. The van der Waals surface area contributed by atoms with Crippen LogP contribution in [0.5, 0.6) is 0 Å². The molecule has 4 rings (SSSR count). The van der Waals surface area contributed by atoms with Crippen molar-refractivity contribution in [3.63, 3.8) is 0 Å². The molecule has 2 N–H and O–H groups in total. The summed E-state index contributed by atoms with van der Waals surface area (Å²) in [7, 11) is 0. The minimum atomic E-state index is -4.55. The quantitative estimate of drug-likeness (QED) is 0.588. The number of alkyl halides is 3. The highest BCUT2D eigenvalue weighted by Crippen LogP contribution is 2.31. The van der Waals surface area contributed by atoms with Crippen LogP contribution in [0.15, 0.2) is 31.1 Å². The topological polar surface area (TPSA) is 100 Å². The van der Waals surface area contributed by atoms with E-state index in [0.717, 1.165) is 6.07 Å². The molecule has 0 radical (unpaired) electrons. The van der Waals surface area contributed by atoms with E-state index in [4.69, 9.17) is 0 Å². The van der Waals surface area contributed by atoms with Gasteiger partial charge in [0.15, 0.2) is 5.82 Å². The van der Waals surface area contributed by atoms with Crippen molar-refractivity contribution in [1.29, 1.82) is 0 Å². The zero-order valence-corrected chi connectivity index (χ0v) is 11.2. The minimum absolute atomic E-state index is 0.101. The van der Waals surface area contributed by atoms with Gasteiger partial charge in [0, 0.05) is 6.20 Å². The fraction of sp³-hybridized carbons (Fsp3) is 0.0833. The molecule has 4 aromatic rings. The van der Waals surface area contributed by atoms with E-state index in [2.05, 4.69) is 35.1 Å². The predicted octanol–water partition coefficient (Wildman–Crippen LogP) is 1.92. The second kappa shape index (κ2) is 4.63. The van der Waals surface area contributed by atoms with Crippen LogP contribution in [0, 0.1) is 0 Å². The molecule has 11 heteroatoms. The molecule has 0 atom stereocenters. The van der Waals surface area contributed by atoms with Crippen LogP contribution >= 0.6 is 0 Å². The first-order valence-corrected chi connectivity index (χ1v) is 6.35. The fourth-order valence-electron chi connectivity index (χ4n) is 2.22. The van der Waals surface area contributed by atoms with Crippen LogP contribution < -0.4 is 0 Å². The SMILES string of the molecule is FC(F)(F)c1ccn2c(-c3cnc[nH]3)c(-c3ncn[nH]3)nc2n1. The minimum Gasteiger partial charge on any atom is -0.343 e. The van der Waals surface area contributed by atoms with Gasteiger partial charge in [0.2, 0.25) is 5.78 Å². The molecule has 4 heterocycles. The van der Waals surface area contributed by atoms with Gasteiger partial charge >= 0.3 is 6.18 Å². The van der Waals surface area contributed by atoms with Gasteiger partial charge in [0.25, 0.3) is 0 Å². The van der Waals surface area contributed by atoms with Crippen LogP contribution in [0.2, 0.25) is 0 Å². The highest BCUT2D eigenvalue weighted by atomic mass is 19.4. The van der Waals surface area contributed by atoms with Gasteiger partial charge in [-0.3, -0.25) is 9.50 Å². The molecule has 4 aromatic heterocycles. The molecule has 0 aliphatic carbocycles. The number of nitrogens with zero attached hydrogens (tertiary/aromatic N) is 6. The summed E-state index contributed by atoms with van der Waals surface area (Å²) in [5.74, 6) is 0.212. The van der Waals surface area contributed by atoms with Crippen molar-refractivity contribution in [3.8, 4) is 22.9 Å². The van der Waals surface area contributed by atoms with Gasteiger partial charge in [0.05, 0.1) is 18.2 Å². The molecule has 0 unspecified atom stereocenters. The van der Waals surface area contributed by atoms with Crippen molar-refractivity contribution in [2.45, 2.75) is 6.18 Å². The zero-order valence-electron chi connectivity index (χ0n) is 11.2. The molecule has 0 aromatic carbocycles. The Balaban J connectivity index is 2.02. The molecule has 0 saturated heterocycles. The third kappa shape index (κ3) is 2.13. The summed E-state index contributed by atoms with van der Waals surface area (Å²) < 4.78 is 39.9. The van der Waals surface area contributed by atoms with E-state index in [9.17, 15) is 13.2 Å². The van der Waals surface area contributed by atoms with Gasteiger partial charge in [-0.15, -0.1) is 0 Å². The number of imidazole rings is 2. The second-order valence-electron chi connectivity index (χ2n) is 4.59. The number of rotatable bonds is 2. The third-order valence-electron chi connectivity index (χ3n) is 3.18. The van der Waals surface area contributed by atoms with Gasteiger partial charge in [-0.2, -0.15) is 18.3 Å². The summed E-state index contributed by atoms with van der Waals surface area (Å²) >= 11 is 0. The number of hydrogen-bond acceptors (Lipinski definition) is 5. The zero-order chi connectivity index (χ0) is 16.0. The normalized spacial score (nSPS) is 12.1. The Morgan fingerprint density at radius 1 is 1.17 bits per heavy atom. The molecule has 0 aliphatic heterocycles. The second-order valence-corrected chi connectivity index (χ2v) is 4.59. The number of halogens is 3. The van der Waals surface area contributed by atoms with Crippen molar-refractivity contribution in [2.75, 3.05) is 0 Å². The number of H-pyrrole nitrogens is 2. The molecule has 0 amide bonds. The van der Waals surface area contributed by atoms with Crippen molar-refractivity contribution in [1.82, 2.24) is 39.5 Å². The number of fused-ring (bicyclic) bond motifs is 1. The van der Waals surface area contributed by atoms with Crippen molar-refractivity contribution >= 4 is 5.78 Å². The number of hydrogen-bond donors (Lipinski definition) is 2. The first kappa shape index (κ1) is 13.4. The van der Waals surface area contributed by atoms with E-state index >= 15 is 0 Å². The molecule has 8 nitrogen and oxygen atoms in total. The van der Waals surface area contributed by atoms with E-state index in [1.165, 1.54) is 29.4 Å². The van der Waals surface area contributed by atoms with E-state index in [1.54, 1.807) is 0 Å². The largest absolute Gasteiger partial charge is 0.433 e. The molecule has 0 fully saturated rings. The monoisotopic (exact) mass is 320 g/mol. The highest BCUT2D eigenvalue weighted by Gasteiger charge is 2.33. The maximum atomic E-state index is 12.8. The maximum Gasteiger partial charge on any atom is 0.433 e. The van der Waals surface area contributed by atoms with E-state index in [1.807, 2.05) is 0 Å². The summed E-state index contributed by atoms with van der Waals surface area (Å²) in [6.45, 7) is 0. The van der Waals surface area contributed by atoms with Gasteiger partial charge in [0.1, 0.15) is 23.4 Å². The van der Waals surface area contributed by atoms with Crippen LogP contribution in [-0.2, 0) is 6.18 Å². The summed E-state index contributed by atoms with van der Waals surface area (Å²) in [5.41, 5.74) is 0.342. The fourth-order valence-corrected chi connectivity index (χ4v) is 2.22. The Hall–Kier alpha value is -3.24. The molecule has 0 aliphatic rings. The van der Waals surface area contributed by atoms with Crippen LogP contribution in [0.3, 0.4) is 0 Å². The van der Waals surface area contributed by atoms with Crippen molar-refractivity contribution in [3.05, 3.63) is 36.8 Å². The smallest absolute Gasteiger partial charge is 0.343 e. The Kier molecular flexibility index (Phi) is 2.70. The van der Waals surface area contributed by atoms with E-state index in [0.29, 0.717) is 22.9 Å². The van der Waals surface area contributed by atoms with E-state index < -0.39 is 11.9 Å². The number of aromatic amines is 2. The third-order valence-corrected chi connectivity index (χ3v) is 3.18. The average Bonchev–Trinajstić information content (AvgIpc) is 3.24. The molecular weight excluding hydrogens is 313 g/mol. The lowest BCUT2D eigenvalue weighted by Gasteiger charge is -2.05. The first-order valence-electron chi connectivity index (χ1n) is 6.35. The molecule has 0 bridgehead atoms. The van der Waals surface area contributed by atoms with Crippen LogP contribution in [0.1, 0.15) is 5.69 Å². The Labute approximate surface area is 125 Å². The Morgan fingerprint density at radius 2 is 2.04 bits per heavy atom. The Bertz CT molecular complexity index is 952. The van der Waals surface area contributed by atoms with Crippen LogP contribution in [0.25, 0.3) is 28.7 Å². The molecule has 0 spiro atoms.